The number of halogens is 1. The molecule has 0 bridgehead atoms. The van der Waals surface area contributed by atoms with Crippen LogP contribution in [0, 0.1) is 0 Å². The molecule has 0 radical (unpaired) electrons. The van der Waals surface area contributed by atoms with Crippen molar-refractivity contribution in [1.82, 2.24) is 10.2 Å². The summed E-state index contributed by atoms with van der Waals surface area (Å²) in [5.74, 6) is 0.862. The Labute approximate surface area is 127 Å². The normalized spacial score (nSPS) is 20.0. The van der Waals surface area contributed by atoms with Crippen LogP contribution in [0.15, 0.2) is 24.3 Å². The van der Waals surface area contributed by atoms with Gasteiger partial charge in [-0.15, -0.1) is 0 Å². The van der Waals surface area contributed by atoms with Crippen LogP contribution in [0.25, 0.3) is 0 Å². The molecule has 2 rings (SSSR count). The first-order valence-corrected chi connectivity index (χ1v) is 7.94. The summed E-state index contributed by atoms with van der Waals surface area (Å²) in [7, 11) is 2.02. The zero-order valence-electron chi connectivity index (χ0n) is 12.3. The predicted molar refractivity (Wildman–Crippen MR) is 84.7 cm³/mol. The summed E-state index contributed by atoms with van der Waals surface area (Å²) in [6.07, 6.45) is 5.22. The number of likely N-dealkylation sites (tertiary alicyclic amines) is 1. The van der Waals surface area contributed by atoms with E-state index < -0.39 is 0 Å². The standard InChI is InChI=1S/C16H25ClN2O/c1-18-9-8-15-6-2-3-10-19(15)11-12-20-16-7-4-5-14(17)13-16/h4-5,7,13,15,18H,2-3,6,8-12H2,1H3. The Hall–Kier alpha value is -0.770. The van der Waals surface area contributed by atoms with E-state index in [1.54, 1.807) is 0 Å². The van der Waals surface area contributed by atoms with Gasteiger partial charge < -0.3 is 10.1 Å². The fraction of sp³-hybridized carbons (Fsp3) is 0.625. The van der Waals surface area contributed by atoms with Crippen LogP contribution in [-0.2, 0) is 0 Å². The second-order valence-electron chi connectivity index (χ2n) is 5.38. The smallest absolute Gasteiger partial charge is 0.120 e. The molecule has 0 saturated carbocycles. The van der Waals surface area contributed by atoms with Gasteiger partial charge in [0.2, 0.25) is 0 Å². The lowest BCUT2D eigenvalue weighted by atomic mass is 9.99. The Morgan fingerprint density at radius 2 is 2.30 bits per heavy atom. The molecule has 112 valence electrons. The molecule has 1 fully saturated rings. The summed E-state index contributed by atoms with van der Waals surface area (Å²) in [4.78, 5) is 2.57. The number of benzene rings is 1. The molecule has 0 amide bonds. The molecule has 1 N–H and O–H groups in total. The maximum absolute atomic E-state index is 5.96. The van der Waals surface area contributed by atoms with E-state index in [9.17, 15) is 0 Å². The summed E-state index contributed by atoms with van der Waals surface area (Å²) in [5.41, 5.74) is 0. The molecule has 3 nitrogen and oxygen atoms in total. The fourth-order valence-electron chi connectivity index (χ4n) is 2.83. The van der Waals surface area contributed by atoms with E-state index >= 15 is 0 Å². The maximum atomic E-state index is 5.96. The van der Waals surface area contributed by atoms with Crippen molar-refractivity contribution < 1.29 is 4.74 Å². The van der Waals surface area contributed by atoms with Gasteiger partial charge in [0, 0.05) is 17.6 Å². The van der Waals surface area contributed by atoms with E-state index in [1.807, 2.05) is 31.3 Å². The molecule has 4 heteroatoms. The van der Waals surface area contributed by atoms with Crippen molar-refractivity contribution >= 4 is 11.6 Å². The molecule has 0 aromatic heterocycles. The first-order chi connectivity index (χ1) is 9.79. The molecule has 1 aromatic rings. The van der Waals surface area contributed by atoms with E-state index in [0.29, 0.717) is 6.04 Å². The zero-order valence-corrected chi connectivity index (χ0v) is 13.0. The van der Waals surface area contributed by atoms with Gasteiger partial charge in [-0.3, -0.25) is 4.90 Å². The molecular formula is C16H25ClN2O. The van der Waals surface area contributed by atoms with E-state index in [0.717, 1.165) is 30.5 Å². The molecule has 1 aromatic carbocycles. The lowest BCUT2D eigenvalue weighted by molar-refractivity contribution is 0.117. The van der Waals surface area contributed by atoms with Gasteiger partial charge >= 0.3 is 0 Å². The second kappa shape index (κ2) is 8.50. The average Bonchev–Trinajstić information content (AvgIpc) is 2.46. The van der Waals surface area contributed by atoms with Crippen LogP contribution in [0.1, 0.15) is 25.7 Å². The topological polar surface area (TPSA) is 24.5 Å². The molecule has 1 aliphatic rings. The van der Waals surface area contributed by atoms with Gasteiger partial charge in [0.05, 0.1) is 0 Å². The highest BCUT2D eigenvalue weighted by Gasteiger charge is 2.21. The summed E-state index contributed by atoms with van der Waals surface area (Å²) in [6, 6.07) is 8.33. The third-order valence-electron chi connectivity index (χ3n) is 3.92. The lowest BCUT2D eigenvalue weighted by Crippen LogP contribution is -2.42. The van der Waals surface area contributed by atoms with E-state index in [-0.39, 0.29) is 0 Å². The fourth-order valence-corrected chi connectivity index (χ4v) is 3.01. The van der Waals surface area contributed by atoms with Gasteiger partial charge in [0.1, 0.15) is 12.4 Å². The minimum absolute atomic E-state index is 0.708. The van der Waals surface area contributed by atoms with Crippen molar-refractivity contribution in [2.24, 2.45) is 0 Å². The molecule has 1 heterocycles. The van der Waals surface area contributed by atoms with Crippen LogP contribution in [0.5, 0.6) is 5.75 Å². The Morgan fingerprint density at radius 3 is 3.10 bits per heavy atom. The Morgan fingerprint density at radius 1 is 1.40 bits per heavy atom. The molecule has 20 heavy (non-hydrogen) atoms. The third-order valence-corrected chi connectivity index (χ3v) is 4.16. The van der Waals surface area contributed by atoms with Crippen molar-refractivity contribution in [2.45, 2.75) is 31.7 Å². The van der Waals surface area contributed by atoms with Crippen LogP contribution in [0.2, 0.25) is 5.02 Å². The summed E-state index contributed by atoms with van der Waals surface area (Å²) in [6.45, 7) is 4.03. The van der Waals surface area contributed by atoms with Crippen molar-refractivity contribution in [3.8, 4) is 5.75 Å². The molecular weight excluding hydrogens is 272 g/mol. The minimum atomic E-state index is 0.708. The Bertz CT molecular complexity index is 400. The van der Waals surface area contributed by atoms with E-state index in [4.69, 9.17) is 16.3 Å². The van der Waals surface area contributed by atoms with Crippen LogP contribution in [-0.4, -0.2) is 44.2 Å². The average molecular weight is 297 g/mol. The second-order valence-corrected chi connectivity index (χ2v) is 5.82. The van der Waals surface area contributed by atoms with Gasteiger partial charge in [-0.25, -0.2) is 0 Å². The maximum Gasteiger partial charge on any atom is 0.120 e. The highest BCUT2D eigenvalue weighted by atomic mass is 35.5. The van der Waals surface area contributed by atoms with E-state index in [1.165, 1.54) is 32.2 Å². The van der Waals surface area contributed by atoms with Crippen molar-refractivity contribution in [1.29, 1.82) is 0 Å². The largest absolute Gasteiger partial charge is 0.492 e. The minimum Gasteiger partial charge on any atom is -0.492 e. The predicted octanol–water partition coefficient (Wildman–Crippen LogP) is 3.18. The third kappa shape index (κ3) is 4.97. The summed E-state index contributed by atoms with van der Waals surface area (Å²) < 4.78 is 5.80. The Balaban J connectivity index is 1.76. The van der Waals surface area contributed by atoms with Crippen LogP contribution >= 0.6 is 11.6 Å². The lowest BCUT2D eigenvalue weighted by Gasteiger charge is -2.35. The first-order valence-electron chi connectivity index (χ1n) is 7.56. The molecule has 1 atom stereocenters. The molecule has 0 aliphatic carbocycles. The van der Waals surface area contributed by atoms with Crippen molar-refractivity contribution in [3.63, 3.8) is 0 Å². The zero-order chi connectivity index (χ0) is 14.2. The monoisotopic (exact) mass is 296 g/mol. The van der Waals surface area contributed by atoms with Gasteiger partial charge in [-0.05, 0) is 57.6 Å². The van der Waals surface area contributed by atoms with Crippen LogP contribution in [0.4, 0.5) is 0 Å². The number of nitrogens with zero attached hydrogens (tertiary/aromatic N) is 1. The molecule has 1 aliphatic heterocycles. The molecule has 1 saturated heterocycles. The SMILES string of the molecule is CNCCC1CCCCN1CCOc1cccc(Cl)c1. The number of hydrogen-bond donors (Lipinski definition) is 1. The van der Waals surface area contributed by atoms with Crippen LogP contribution in [0.3, 0.4) is 0 Å². The summed E-state index contributed by atoms with van der Waals surface area (Å²) in [5, 5.41) is 3.98. The number of rotatable bonds is 7. The molecule has 0 spiro atoms. The van der Waals surface area contributed by atoms with Gasteiger partial charge in [-0.1, -0.05) is 24.1 Å². The highest BCUT2D eigenvalue weighted by molar-refractivity contribution is 6.30. The number of ether oxygens (including phenoxy) is 1. The van der Waals surface area contributed by atoms with Gasteiger partial charge in [0.25, 0.3) is 0 Å². The Kier molecular flexibility index (Phi) is 6.64. The number of hydrogen-bond acceptors (Lipinski definition) is 3. The van der Waals surface area contributed by atoms with Crippen molar-refractivity contribution in [2.75, 3.05) is 33.3 Å². The number of piperidine rings is 1. The van der Waals surface area contributed by atoms with E-state index in [2.05, 4.69) is 10.2 Å². The van der Waals surface area contributed by atoms with Gasteiger partial charge in [0.15, 0.2) is 0 Å². The quantitative estimate of drug-likeness (QED) is 0.836. The molecule has 1 unspecified atom stereocenters. The van der Waals surface area contributed by atoms with Gasteiger partial charge in [-0.2, -0.15) is 0 Å². The number of nitrogens with one attached hydrogen (secondary N) is 1. The summed E-state index contributed by atoms with van der Waals surface area (Å²) >= 11 is 5.96. The van der Waals surface area contributed by atoms with Crippen LogP contribution < -0.4 is 10.1 Å². The first kappa shape index (κ1) is 15.6. The highest BCUT2D eigenvalue weighted by Crippen LogP contribution is 2.20. The van der Waals surface area contributed by atoms with Crippen molar-refractivity contribution in [3.05, 3.63) is 29.3 Å².